The highest BCUT2D eigenvalue weighted by atomic mass is 14.8. The number of aryl methyl sites for hydroxylation is 1. The minimum Gasteiger partial charge on any atom is -0.399 e. The number of rotatable bonds is 9. The first-order valence-electron chi connectivity index (χ1n) is 7.65. The first kappa shape index (κ1) is 16.0. The van der Waals surface area contributed by atoms with Crippen molar-refractivity contribution in [3.8, 4) is 0 Å². The van der Waals surface area contributed by atoms with Crippen LogP contribution in [-0.2, 0) is 6.54 Å². The van der Waals surface area contributed by atoms with E-state index in [1.165, 1.54) is 37.7 Å². The van der Waals surface area contributed by atoms with Gasteiger partial charge < -0.3 is 11.1 Å². The van der Waals surface area contributed by atoms with E-state index in [1.54, 1.807) is 0 Å². The molecular weight excluding hydrogens is 232 g/mol. The molecule has 19 heavy (non-hydrogen) atoms. The van der Waals surface area contributed by atoms with Crippen molar-refractivity contribution in [2.24, 2.45) is 5.92 Å². The molecule has 0 saturated carbocycles. The molecule has 0 aromatic heterocycles. The highest BCUT2D eigenvalue weighted by molar-refractivity contribution is 5.48. The van der Waals surface area contributed by atoms with Gasteiger partial charge in [0.15, 0.2) is 0 Å². The van der Waals surface area contributed by atoms with Crippen LogP contribution in [0.2, 0.25) is 0 Å². The fourth-order valence-corrected chi connectivity index (χ4v) is 2.19. The summed E-state index contributed by atoms with van der Waals surface area (Å²) >= 11 is 0. The lowest BCUT2D eigenvalue weighted by Crippen LogP contribution is -2.14. The van der Waals surface area contributed by atoms with E-state index in [2.05, 4.69) is 37.4 Å². The first-order valence-corrected chi connectivity index (χ1v) is 7.65. The van der Waals surface area contributed by atoms with Gasteiger partial charge in [0, 0.05) is 12.2 Å². The molecule has 0 aliphatic carbocycles. The zero-order chi connectivity index (χ0) is 14.1. The lowest BCUT2D eigenvalue weighted by Gasteiger charge is -2.07. The molecule has 1 aromatic rings. The van der Waals surface area contributed by atoms with Crippen molar-refractivity contribution in [2.75, 3.05) is 12.3 Å². The minimum atomic E-state index is 0.852. The lowest BCUT2D eigenvalue weighted by atomic mass is 10.0. The fraction of sp³-hybridized carbons (Fsp3) is 0.647. The maximum atomic E-state index is 5.90. The third-order valence-corrected chi connectivity index (χ3v) is 3.56. The highest BCUT2D eigenvalue weighted by Crippen LogP contribution is 2.12. The zero-order valence-electron chi connectivity index (χ0n) is 12.8. The van der Waals surface area contributed by atoms with Crippen LogP contribution in [0.3, 0.4) is 0 Å². The number of benzene rings is 1. The minimum absolute atomic E-state index is 0.852. The van der Waals surface area contributed by atoms with Gasteiger partial charge in [-0.2, -0.15) is 0 Å². The van der Waals surface area contributed by atoms with E-state index in [0.29, 0.717) is 0 Å². The van der Waals surface area contributed by atoms with Crippen molar-refractivity contribution in [2.45, 2.75) is 59.4 Å². The Morgan fingerprint density at radius 2 is 1.84 bits per heavy atom. The van der Waals surface area contributed by atoms with Crippen LogP contribution in [0.5, 0.6) is 0 Å². The molecule has 108 valence electrons. The summed E-state index contributed by atoms with van der Waals surface area (Å²) in [6.07, 6.45) is 6.74. The average Bonchev–Trinajstić information content (AvgIpc) is 2.36. The molecule has 0 unspecified atom stereocenters. The van der Waals surface area contributed by atoms with Gasteiger partial charge in [-0.3, -0.25) is 0 Å². The van der Waals surface area contributed by atoms with E-state index in [9.17, 15) is 0 Å². The standard InChI is InChI=1S/C17H30N2/c1-14(2)8-6-4-5-7-11-19-13-16-10-9-15(3)17(18)12-16/h9-10,12,14,19H,4-8,11,13,18H2,1-3H3. The second-order valence-corrected chi connectivity index (χ2v) is 5.96. The molecule has 0 fully saturated rings. The van der Waals surface area contributed by atoms with E-state index in [-0.39, 0.29) is 0 Å². The molecule has 0 amide bonds. The first-order chi connectivity index (χ1) is 9.09. The highest BCUT2D eigenvalue weighted by Gasteiger charge is 1.97. The third-order valence-electron chi connectivity index (χ3n) is 3.56. The van der Waals surface area contributed by atoms with E-state index in [1.807, 2.05) is 6.92 Å². The van der Waals surface area contributed by atoms with Crippen LogP contribution >= 0.6 is 0 Å². The van der Waals surface area contributed by atoms with Crippen molar-refractivity contribution in [3.63, 3.8) is 0 Å². The Bertz CT molecular complexity index is 358. The summed E-state index contributed by atoms with van der Waals surface area (Å²) in [5.41, 5.74) is 9.24. The smallest absolute Gasteiger partial charge is 0.0346 e. The van der Waals surface area contributed by atoms with Crippen molar-refractivity contribution >= 4 is 5.69 Å². The fourth-order valence-electron chi connectivity index (χ4n) is 2.19. The van der Waals surface area contributed by atoms with Crippen LogP contribution in [0.1, 0.15) is 57.1 Å². The van der Waals surface area contributed by atoms with Gasteiger partial charge in [0.25, 0.3) is 0 Å². The van der Waals surface area contributed by atoms with Gasteiger partial charge in [0.2, 0.25) is 0 Å². The Hall–Kier alpha value is -1.02. The SMILES string of the molecule is Cc1ccc(CNCCCCCCC(C)C)cc1N. The van der Waals surface area contributed by atoms with Gasteiger partial charge in [-0.1, -0.05) is 51.7 Å². The number of anilines is 1. The molecule has 1 rings (SSSR count). The van der Waals surface area contributed by atoms with Crippen molar-refractivity contribution in [1.82, 2.24) is 5.32 Å². The van der Waals surface area contributed by atoms with Crippen molar-refractivity contribution in [3.05, 3.63) is 29.3 Å². The monoisotopic (exact) mass is 262 g/mol. The molecule has 0 bridgehead atoms. The Morgan fingerprint density at radius 1 is 1.11 bits per heavy atom. The molecule has 0 saturated heterocycles. The van der Waals surface area contributed by atoms with Crippen LogP contribution in [0.25, 0.3) is 0 Å². The van der Waals surface area contributed by atoms with E-state index >= 15 is 0 Å². The van der Waals surface area contributed by atoms with Crippen molar-refractivity contribution in [1.29, 1.82) is 0 Å². The van der Waals surface area contributed by atoms with Crippen LogP contribution in [0.4, 0.5) is 5.69 Å². The number of nitrogen functional groups attached to an aromatic ring is 1. The number of hydrogen-bond donors (Lipinski definition) is 2. The van der Waals surface area contributed by atoms with E-state index in [4.69, 9.17) is 5.73 Å². The van der Waals surface area contributed by atoms with Gasteiger partial charge in [0.05, 0.1) is 0 Å². The quantitative estimate of drug-likeness (QED) is 0.515. The second kappa shape index (κ2) is 8.98. The Labute approximate surface area is 118 Å². The molecule has 0 atom stereocenters. The molecule has 0 heterocycles. The number of hydrogen-bond acceptors (Lipinski definition) is 2. The average molecular weight is 262 g/mol. The summed E-state index contributed by atoms with van der Waals surface area (Å²) < 4.78 is 0. The molecule has 2 nitrogen and oxygen atoms in total. The lowest BCUT2D eigenvalue weighted by molar-refractivity contribution is 0.512. The summed E-state index contributed by atoms with van der Waals surface area (Å²) in [6, 6.07) is 6.32. The van der Waals surface area contributed by atoms with E-state index in [0.717, 1.165) is 30.3 Å². The predicted molar refractivity (Wildman–Crippen MR) is 85.2 cm³/mol. The van der Waals surface area contributed by atoms with Crippen LogP contribution in [0, 0.1) is 12.8 Å². The maximum Gasteiger partial charge on any atom is 0.0346 e. The normalized spacial score (nSPS) is 11.2. The van der Waals surface area contributed by atoms with Gasteiger partial charge in [-0.25, -0.2) is 0 Å². The molecule has 1 aromatic carbocycles. The molecule has 0 aliphatic heterocycles. The van der Waals surface area contributed by atoms with Crippen molar-refractivity contribution < 1.29 is 0 Å². The van der Waals surface area contributed by atoms with Crippen LogP contribution < -0.4 is 11.1 Å². The number of unbranched alkanes of at least 4 members (excludes halogenated alkanes) is 3. The van der Waals surface area contributed by atoms with Crippen LogP contribution in [-0.4, -0.2) is 6.54 Å². The van der Waals surface area contributed by atoms with Gasteiger partial charge in [-0.15, -0.1) is 0 Å². The zero-order valence-corrected chi connectivity index (χ0v) is 12.8. The molecule has 3 N–H and O–H groups in total. The Morgan fingerprint density at radius 3 is 2.53 bits per heavy atom. The Balaban J connectivity index is 2.03. The summed E-state index contributed by atoms with van der Waals surface area (Å²) in [5, 5.41) is 3.49. The largest absolute Gasteiger partial charge is 0.399 e. The number of nitrogens with one attached hydrogen (secondary N) is 1. The van der Waals surface area contributed by atoms with E-state index < -0.39 is 0 Å². The summed E-state index contributed by atoms with van der Waals surface area (Å²) in [6.45, 7) is 8.68. The molecule has 0 spiro atoms. The predicted octanol–water partition coefficient (Wildman–Crippen LogP) is 4.27. The van der Waals surface area contributed by atoms with Gasteiger partial charge in [0.1, 0.15) is 0 Å². The maximum absolute atomic E-state index is 5.90. The third kappa shape index (κ3) is 7.22. The summed E-state index contributed by atoms with van der Waals surface area (Å²) in [4.78, 5) is 0. The van der Waals surface area contributed by atoms with Crippen LogP contribution in [0.15, 0.2) is 18.2 Å². The second-order valence-electron chi connectivity index (χ2n) is 5.96. The van der Waals surface area contributed by atoms with Gasteiger partial charge in [-0.05, 0) is 43.0 Å². The molecule has 0 radical (unpaired) electrons. The summed E-state index contributed by atoms with van der Waals surface area (Å²) in [7, 11) is 0. The summed E-state index contributed by atoms with van der Waals surface area (Å²) in [5.74, 6) is 0.852. The molecule has 0 aliphatic rings. The van der Waals surface area contributed by atoms with Gasteiger partial charge >= 0.3 is 0 Å². The topological polar surface area (TPSA) is 38.0 Å². The molecule has 2 heteroatoms. The number of nitrogens with two attached hydrogens (primary N) is 1. The molecular formula is C17H30N2. The Kier molecular flexibility index (Phi) is 7.57.